The maximum atomic E-state index is 14.7. The topological polar surface area (TPSA) is 116 Å². The Kier molecular flexibility index (Phi) is 9.24. The van der Waals surface area contributed by atoms with Crippen LogP contribution in [-0.2, 0) is 14.3 Å². The summed E-state index contributed by atoms with van der Waals surface area (Å²) in [4.78, 5) is 47.6. The van der Waals surface area contributed by atoms with Crippen LogP contribution in [0.25, 0.3) is 0 Å². The van der Waals surface area contributed by atoms with Gasteiger partial charge < -0.3 is 10.1 Å². The number of pyridine rings is 1. The summed E-state index contributed by atoms with van der Waals surface area (Å²) in [5.74, 6) is -6.88. The van der Waals surface area contributed by atoms with Crippen molar-refractivity contribution < 1.29 is 36.7 Å². The van der Waals surface area contributed by atoms with E-state index in [0.29, 0.717) is 6.07 Å². The highest BCUT2D eigenvalue weighted by atomic mass is 35.5. The Labute approximate surface area is 260 Å². The lowest BCUT2D eigenvalue weighted by Gasteiger charge is -2.39. The number of halogens is 5. The third-order valence-corrected chi connectivity index (χ3v) is 8.01. The van der Waals surface area contributed by atoms with E-state index in [1.54, 1.807) is 12.1 Å². The van der Waals surface area contributed by atoms with Crippen molar-refractivity contribution >= 4 is 41.0 Å². The van der Waals surface area contributed by atoms with E-state index in [4.69, 9.17) is 16.3 Å². The first-order valence-electron chi connectivity index (χ1n) is 14.0. The number of rotatable bonds is 7. The van der Waals surface area contributed by atoms with E-state index in [-0.39, 0.29) is 53.5 Å². The molecule has 1 saturated heterocycles. The number of cyclic esters (lactones) is 1. The third-order valence-electron chi connectivity index (χ3n) is 7.66. The number of nitriles is 1. The predicted molar refractivity (Wildman–Crippen MR) is 155 cm³/mol. The van der Waals surface area contributed by atoms with E-state index < -0.39 is 66.4 Å². The number of aromatic nitrogens is 1. The Morgan fingerprint density at radius 2 is 1.78 bits per heavy atom. The minimum absolute atomic E-state index is 0.0331. The third kappa shape index (κ3) is 7.01. The van der Waals surface area contributed by atoms with Gasteiger partial charge in [-0.05, 0) is 43.2 Å². The van der Waals surface area contributed by atoms with Crippen LogP contribution in [-0.4, -0.2) is 47.5 Å². The molecule has 2 atom stereocenters. The van der Waals surface area contributed by atoms with Gasteiger partial charge in [-0.3, -0.25) is 14.5 Å². The predicted octanol–water partition coefficient (Wildman–Crippen LogP) is 6.07. The summed E-state index contributed by atoms with van der Waals surface area (Å²) in [6.45, 7) is -0.214. The largest absolute Gasteiger partial charge is 0.449 e. The van der Waals surface area contributed by atoms with E-state index in [1.165, 1.54) is 30.5 Å². The highest BCUT2D eigenvalue weighted by Crippen LogP contribution is 2.37. The van der Waals surface area contributed by atoms with E-state index in [0.717, 1.165) is 21.9 Å². The number of amides is 3. The Morgan fingerprint density at radius 1 is 1.09 bits per heavy atom. The fourth-order valence-corrected chi connectivity index (χ4v) is 5.73. The smallest absolute Gasteiger partial charge is 0.416 e. The molecule has 9 nitrogen and oxygen atoms in total. The number of carbonyl (C=O) groups excluding carboxylic acids is 3. The summed E-state index contributed by atoms with van der Waals surface area (Å²) in [5.41, 5.74) is -0.171. The molecule has 2 aromatic carbocycles. The summed E-state index contributed by atoms with van der Waals surface area (Å²) in [5, 5.41) is 12.1. The van der Waals surface area contributed by atoms with Gasteiger partial charge in [-0.2, -0.15) is 5.26 Å². The first-order valence-corrected chi connectivity index (χ1v) is 14.4. The molecule has 14 heteroatoms. The van der Waals surface area contributed by atoms with Gasteiger partial charge in [-0.15, -0.1) is 0 Å². The van der Waals surface area contributed by atoms with E-state index in [9.17, 15) is 37.2 Å². The van der Waals surface area contributed by atoms with Crippen molar-refractivity contribution in [3.05, 3.63) is 88.6 Å². The van der Waals surface area contributed by atoms with Crippen LogP contribution in [0.4, 0.5) is 33.9 Å². The lowest BCUT2D eigenvalue weighted by atomic mass is 9.91. The van der Waals surface area contributed by atoms with Crippen LogP contribution >= 0.6 is 11.6 Å². The van der Waals surface area contributed by atoms with Crippen molar-refractivity contribution in [2.24, 2.45) is 0 Å². The van der Waals surface area contributed by atoms with Crippen molar-refractivity contribution in [3.63, 3.8) is 0 Å². The van der Waals surface area contributed by atoms with Crippen LogP contribution in [0.15, 0.2) is 60.8 Å². The molecule has 2 fully saturated rings. The number of benzene rings is 2. The van der Waals surface area contributed by atoms with Crippen molar-refractivity contribution in [2.75, 3.05) is 16.4 Å². The first kappa shape index (κ1) is 31.7. The molecule has 1 aromatic heterocycles. The second kappa shape index (κ2) is 13.1. The van der Waals surface area contributed by atoms with Gasteiger partial charge in [0.05, 0.1) is 23.9 Å². The normalized spacial score (nSPS) is 18.8. The summed E-state index contributed by atoms with van der Waals surface area (Å²) in [6.07, 6.45) is -0.842. The van der Waals surface area contributed by atoms with Gasteiger partial charge in [-0.25, -0.2) is 32.2 Å². The molecule has 1 N–H and O–H groups in total. The zero-order valence-corrected chi connectivity index (χ0v) is 24.3. The molecule has 5 rings (SSSR count). The molecule has 0 spiro atoms. The van der Waals surface area contributed by atoms with Crippen LogP contribution in [0.2, 0.25) is 5.02 Å². The summed E-state index contributed by atoms with van der Waals surface area (Å²) in [7, 11) is 0. The van der Waals surface area contributed by atoms with Crippen LogP contribution in [0.3, 0.4) is 0 Å². The SMILES string of the molecule is N#Cc1ccnc(N2C(=O)OCC[C@H]2C(=O)N(c2cc(F)cc(F)c2)C(C(=O)NC2CCC(F)(F)CC2)c2ccccc2Cl)c1. The molecule has 2 aliphatic rings. The lowest BCUT2D eigenvalue weighted by molar-refractivity contribution is -0.128. The van der Waals surface area contributed by atoms with Crippen LogP contribution in [0.1, 0.15) is 49.3 Å². The van der Waals surface area contributed by atoms with E-state index >= 15 is 0 Å². The molecule has 3 amide bonds. The number of carbonyl (C=O) groups is 3. The number of anilines is 2. The number of ether oxygens (including phenoxy) is 1. The Morgan fingerprint density at radius 3 is 2.44 bits per heavy atom. The molecule has 3 aromatic rings. The molecule has 2 heterocycles. The molecule has 234 valence electrons. The van der Waals surface area contributed by atoms with Crippen molar-refractivity contribution in [3.8, 4) is 6.07 Å². The van der Waals surface area contributed by atoms with Gasteiger partial charge in [0.15, 0.2) is 0 Å². The number of hydrogen-bond acceptors (Lipinski definition) is 6. The monoisotopic (exact) mass is 643 g/mol. The Bertz CT molecular complexity index is 1640. The van der Waals surface area contributed by atoms with Gasteiger partial charge >= 0.3 is 6.09 Å². The average Bonchev–Trinajstić information content (AvgIpc) is 3.00. The maximum Gasteiger partial charge on any atom is 0.416 e. The molecule has 1 saturated carbocycles. The molecule has 1 aliphatic carbocycles. The minimum Gasteiger partial charge on any atom is -0.449 e. The number of alkyl halides is 2. The van der Waals surface area contributed by atoms with Gasteiger partial charge in [0.2, 0.25) is 11.8 Å². The Hall–Kier alpha value is -4.70. The minimum atomic E-state index is -2.87. The molecule has 45 heavy (non-hydrogen) atoms. The fraction of sp³-hybridized carbons (Fsp3) is 0.323. The Balaban J connectivity index is 1.63. The molecular weight excluding hydrogens is 618 g/mol. The summed E-state index contributed by atoms with van der Waals surface area (Å²) >= 11 is 6.52. The van der Waals surface area contributed by atoms with Crippen LogP contribution in [0, 0.1) is 23.0 Å². The first-order chi connectivity index (χ1) is 21.5. The van der Waals surface area contributed by atoms with E-state index in [1.807, 2.05) is 6.07 Å². The molecule has 1 aliphatic heterocycles. The van der Waals surface area contributed by atoms with Crippen molar-refractivity contribution in [2.45, 2.75) is 56.2 Å². The number of hydrogen-bond donors (Lipinski definition) is 1. The molecular formula is C31H26ClF4N5O4. The molecule has 0 radical (unpaired) electrons. The zero-order valence-electron chi connectivity index (χ0n) is 23.6. The molecule has 0 bridgehead atoms. The second-order valence-corrected chi connectivity index (χ2v) is 11.1. The highest BCUT2D eigenvalue weighted by Gasteiger charge is 2.45. The van der Waals surface area contributed by atoms with Crippen molar-refractivity contribution in [1.82, 2.24) is 10.3 Å². The van der Waals surface area contributed by atoms with Crippen LogP contribution in [0.5, 0.6) is 0 Å². The second-order valence-electron chi connectivity index (χ2n) is 10.7. The number of nitrogens with one attached hydrogen (secondary N) is 1. The summed E-state index contributed by atoms with van der Waals surface area (Å²) in [6, 6.07) is 9.11. The van der Waals surface area contributed by atoms with E-state index in [2.05, 4.69) is 10.3 Å². The zero-order chi connectivity index (χ0) is 32.3. The number of nitrogens with zero attached hydrogens (tertiary/aromatic N) is 4. The van der Waals surface area contributed by atoms with Gasteiger partial charge in [0, 0.05) is 48.2 Å². The quantitative estimate of drug-likeness (QED) is 0.313. The standard InChI is InChI=1S/C31H26ClF4N5O4/c32-24-4-2-1-3-23(24)27(28(42)39-21-5-9-31(35,36)10-6-21)40(22-15-19(33)14-20(34)16-22)29(43)25-8-12-45-30(44)41(25)26-13-18(17-37)7-11-38-26/h1-4,7,11,13-16,21,25,27H,5-6,8-10,12H2,(H,39,42)/t25-,27?/m0/s1. The van der Waals surface area contributed by atoms with Gasteiger partial charge in [0.1, 0.15) is 29.5 Å². The maximum absolute atomic E-state index is 14.7. The average molecular weight is 644 g/mol. The summed E-state index contributed by atoms with van der Waals surface area (Å²) < 4.78 is 62.2. The molecule has 1 unspecified atom stereocenters. The highest BCUT2D eigenvalue weighted by molar-refractivity contribution is 6.31. The lowest BCUT2D eigenvalue weighted by Crippen LogP contribution is -2.57. The van der Waals surface area contributed by atoms with Gasteiger partial charge in [0.25, 0.3) is 5.91 Å². The fourth-order valence-electron chi connectivity index (χ4n) is 5.49. The van der Waals surface area contributed by atoms with Gasteiger partial charge in [-0.1, -0.05) is 29.8 Å². The van der Waals surface area contributed by atoms with Crippen molar-refractivity contribution in [1.29, 1.82) is 5.26 Å². The van der Waals surface area contributed by atoms with Crippen LogP contribution < -0.4 is 15.1 Å².